The standard InChI is InChI=1S/C19H23N9O7S/c1-2-34-24-11(14-23-19(21)35-25-14)15(30)22-12-16(31)28-13(18(32)33)9(8-36-17(12)28)7-26-4-3-10(20)27(26)5-6-29/h3-4,12,17,20,29H,2,5-8H2,1H3,(H4,21,22,23,25,30,32,33)/t12-,17-/m1/s1. The molecule has 2 aliphatic rings. The van der Waals surface area contributed by atoms with Crippen molar-refractivity contribution in [3.63, 3.8) is 0 Å². The molecule has 1 saturated heterocycles. The number of hydrogen-bond donors (Lipinski definition) is 4. The van der Waals surface area contributed by atoms with E-state index in [-0.39, 0.29) is 55.3 Å². The van der Waals surface area contributed by atoms with Crippen LogP contribution in [0.1, 0.15) is 12.7 Å². The van der Waals surface area contributed by atoms with Crippen LogP contribution in [-0.2, 0) is 32.3 Å². The third-order valence-electron chi connectivity index (χ3n) is 5.37. The van der Waals surface area contributed by atoms with Crippen molar-refractivity contribution in [2.75, 3.05) is 30.4 Å². The van der Waals surface area contributed by atoms with Gasteiger partial charge in [0.25, 0.3) is 11.8 Å². The molecule has 0 bridgehead atoms. The van der Waals surface area contributed by atoms with Gasteiger partial charge in [-0.25, -0.2) is 0 Å². The summed E-state index contributed by atoms with van der Waals surface area (Å²) in [6, 6.07) is 0.278. The number of carbonyl (C=O) groups excluding carboxylic acids is 3. The molecule has 2 atom stereocenters. The van der Waals surface area contributed by atoms with E-state index in [0.29, 0.717) is 11.4 Å². The molecule has 192 valence electrons. The number of anilines is 2. The van der Waals surface area contributed by atoms with Gasteiger partial charge in [-0.2, -0.15) is 4.98 Å². The third-order valence-corrected chi connectivity index (χ3v) is 6.71. The van der Waals surface area contributed by atoms with Gasteiger partial charge in [-0.05, 0) is 6.92 Å². The second-order valence-electron chi connectivity index (χ2n) is 7.60. The summed E-state index contributed by atoms with van der Waals surface area (Å²) >= 11 is 1.27. The first-order valence-corrected chi connectivity index (χ1v) is 11.8. The van der Waals surface area contributed by atoms with Crippen LogP contribution in [0, 0.1) is 0 Å². The zero-order chi connectivity index (χ0) is 26.0. The van der Waals surface area contributed by atoms with Crippen molar-refractivity contribution >= 4 is 47.1 Å². The van der Waals surface area contributed by atoms with E-state index in [2.05, 4.69) is 25.1 Å². The van der Waals surface area contributed by atoms with Crippen LogP contribution in [0.3, 0.4) is 0 Å². The number of fused-ring (bicyclic) bond motifs is 1. The van der Waals surface area contributed by atoms with E-state index in [0.717, 1.165) is 4.90 Å². The minimum atomic E-state index is -1.52. The van der Waals surface area contributed by atoms with Gasteiger partial charge in [0.2, 0.25) is 11.5 Å². The normalized spacial score (nSPS) is 19.7. The van der Waals surface area contributed by atoms with E-state index >= 15 is 0 Å². The Kier molecular flexibility index (Phi) is 7.11. The Morgan fingerprint density at radius 2 is 2.25 bits per heavy atom. The molecule has 4 heterocycles. The molecule has 16 nitrogen and oxygen atoms in total. The molecule has 0 aromatic carbocycles. The van der Waals surface area contributed by atoms with Crippen LogP contribution >= 0.6 is 11.8 Å². The van der Waals surface area contributed by atoms with Gasteiger partial charge in [0.15, 0.2) is 18.6 Å². The first-order valence-electron chi connectivity index (χ1n) is 10.7. The number of hydrogen-bond acceptors (Lipinski definition) is 13. The lowest BCUT2D eigenvalue weighted by molar-refractivity contribution is -0.767. The number of amides is 2. The van der Waals surface area contributed by atoms with E-state index in [1.54, 1.807) is 28.6 Å². The van der Waals surface area contributed by atoms with Crippen molar-refractivity contribution < 1.29 is 38.6 Å². The molecule has 17 heteroatoms. The van der Waals surface area contributed by atoms with Crippen molar-refractivity contribution in [1.29, 1.82) is 0 Å². The summed E-state index contributed by atoms with van der Waals surface area (Å²) in [7, 11) is 0. The number of nitrogens with zero attached hydrogens (tertiary/aromatic N) is 6. The molecule has 0 radical (unpaired) electrons. The van der Waals surface area contributed by atoms with Gasteiger partial charge in [-0.3, -0.25) is 14.5 Å². The predicted molar refractivity (Wildman–Crippen MR) is 120 cm³/mol. The van der Waals surface area contributed by atoms with Crippen LogP contribution in [0.15, 0.2) is 33.2 Å². The highest BCUT2D eigenvalue weighted by molar-refractivity contribution is 8.00. The van der Waals surface area contributed by atoms with Gasteiger partial charge in [0.1, 0.15) is 24.6 Å². The fourth-order valence-corrected chi connectivity index (χ4v) is 5.15. The Bertz CT molecular complexity index is 1250. The van der Waals surface area contributed by atoms with Crippen molar-refractivity contribution in [2.24, 2.45) is 5.16 Å². The van der Waals surface area contributed by atoms with Crippen molar-refractivity contribution in [3.05, 3.63) is 29.4 Å². The molecule has 2 amide bonds. The highest BCUT2D eigenvalue weighted by Crippen LogP contribution is 2.40. The lowest BCUT2D eigenvalue weighted by Gasteiger charge is -2.50. The van der Waals surface area contributed by atoms with E-state index in [1.807, 2.05) is 0 Å². The highest BCUT2D eigenvalue weighted by Gasteiger charge is 2.53. The number of aromatic nitrogens is 4. The number of carbonyl (C=O) groups is 3. The van der Waals surface area contributed by atoms with Gasteiger partial charge in [-0.1, -0.05) is 10.3 Å². The molecule has 2 aromatic rings. The van der Waals surface area contributed by atoms with E-state index < -0.39 is 29.2 Å². The topological polar surface area (TPSA) is 231 Å². The summed E-state index contributed by atoms with van der Waals surface area (Å²) in [5.41, 5.74) is 11.1. The molecule has 0 spiro atoms. The largest absolute Gasteiger partial charge is 0.543 e. The maximum Gasteiger partial charge on any atom is 0.319 e. The van der Waals surface area contributed by atoms with Gasteiger partial charge in [0.05, 0.1) is 24.3 Å². The SMILES string of the molecule is CCON=C(C(=O)N[C@@H]1C(=O)N2C(C(=O)[O-])=C(C[n+]3ccc(N)n3CCO)CS[C@H]12)c1noc(N)n1. The lowest BCUT2D eigenvalue weighted by Crippen LogP contribution is -2.71. The molecule has 4 rings (SSSR count). The van der Waals surface area contributed by atoms with Gasteiger partial charge < -0.3 is 41.2 Å². The number of thioether (sulfide) groups is 1. The van der Waals surface area contributed by atoms with Crippen molar-refractivity contribution in [2.45, 2.75) is 31.4 Å². The lowest BCUT2D eigenvalue weighted by atomic mass is 10.0. The summed E-state index contributed by atoms with van der Waals surface area (Å²) < 4.78 is 7.90. The van der Waals surface area contributed by atoms with Crippen molar-refractivity contribution in [3.8, 4) is 0 Å². The summed E-state index contributed by atoms with van der Waals surface area (Å²) in [5.74, 6) is -2.61. The number of nitrogens with one attached hydrogen (secondary N) is 1. The zero-order valence-electron chi connectivity index (χ0n) is 19.0. The van der Waals surface area contributed by atoms with Crippen molar-refractivity contribution in [1.82, 2.24) is 25.0 Å². The number of β-lactam (4-membered cyclic amide) rings is 1. The fraction of sp³-hybridized carbons (Fsp3) is 0.421. The maximum atomic E-state index is 13.0. The number of carboxylic acid groups (broad SMARTS) is 1. The third kappa shape index (κ3) is 4.57. The summed E-state index contributed by atoms with van der Waals surface area (Å²) in [6.45, 7) is 1.93. The van der Waals surface area contributed by atoms with E-state index in [4.69, 9.17) is 16.3 Å². The second-order valence-corrected chi connectivity index (χ2v) is 8.70. The summed E-state index contributed by atoms with van der Waals surface area (Å²) in [5, 5.41) is 30.4. The average Bonchev–Trinajstić information content (AvgIpc) is 3.43. The first-order chi connectivity index (χ1) is 17.3. The monoisotopic (exact) mass is 521 g/mol. The molecule has 0 saturated carbocycles. The molecular formula is C19H23N9O7S. The number of oxime groups is 1. The Balaban J connectivity index is 1.54. The van der Waals surface area contributed by atoms with Crippen LogP contribution in [-0.4, -0.2) is 78.7 Å². The highest BCUT2D eigenvalue weighted by atomic mass is 32.2. The van der Waals surface area contributed by atoms with Crippen LogP contribution in [0.4, 0.5) is 11.8 Å². The number of nitrogens with two attached hydrogens (primary N) is 2. The van der Waals surface area contributed by atoms with Gasteiger partial charge in [-0.15, -0.1) is 21.1 Å². The van der Waals surface area contributed by atoms with Crippen LogP contribution in [0.25, 0.3) is 0 Å². The fourth-order valence-electron chi connectivity index (χ4n) is 3.81. The molecule has 2 aliphatic heterocycles. The van der Waals surface area contributed by atoms with Crippen LogP contribution in [0.5, 0.6) is 0 Å². The second kappa shape index (κ2) is 10.2. The summed E-state index contributed by atoms with van der Waals surface area (Å²) in [4.78, 5) is 47.6. The molecule has 1 fully saturated rings. The minimum absolute atomic E-state index is 0.103. The Morgan fingerprint density at radius 1 is 1.47 bits per heavy atom. The molecule has 0 unspecified atom stereocenters. The van der Waals surface area contributed by atoms with Gasteiger partial charge in [0, 0.05) is 11.3 Å². The number of rotatable bonds is 10. The van der Waals surface area contributed by atoms with Gasteiger partial charge >= 0.3 is 6.01 Å². The number of aliphatic hydroxyl groups excluding tert-OH is 1. The predicted octanol–water partition coefficient (Wildman–Crippen LogP) is -3.84. The Labute approximate surface area is 207 Å². The van der Waals surface area contributed by atoms with Crippen LogP contribution < -0.4 is 26.6 Å². The Morgan fingerprint density at radius 3 is 2.89 bits per heavy atom. The molecule has 36 heavy (non-hydrogen) atoms. The number of aliphatic carboxylic acids is 1. The first kappa shape index (κ1) is 25.0. The number of aliphatic hydroxyl groups is 1. The summed E-state index contributed by atoms with van der Waals surface area (Å²) in [6.07, 6.45) is 1.65. The smallest absolute Gasteiger partial charge is 0.319 e. The maximum absolute atomic E-state index is 13.0. The molecule has 6 N–H and O–H groups in total. The van der Waals surface area contributed by atoms with E-state index in [1.165, 1.54) is 11.8 Å². The van der Waals surface area contributed by atoms with Crippen LogP contribution in [0.2, 0.25) is 0 Å². The average molecular weight is 522 g/mol. The molecule has 0 aliphatic carbocycles. The zero-order valence-corrected chi connectivity index (χ0v) is 19.8. The Hall–Kier alpha value is -4.12. The minimum Gasteiger partial charge on any atom is -0.543 e. The number of carboxylic acids is 1. The van der Waals surface area contributed by atoms with E-state index in [9.17, 15) is 24.6 Å². The molecule has 2 aromatic heterocycles. The molecular weight excluding hydrogens is 498 g/mol. The quantitative estimate of drug-likeness (QED) is 0.102. The number of nitrogen functional groups attached to an aromatic ring is 2.